The standard InChI is InChI=1S/C17H15N3O5S/c1-26(22,23)20-14-10-6-5-9-13(14)17(21)24-11-15-18-16(19-25-15)12-7-3-2-4-8-12/h2-10,20H,11H2,1H3. The largest absolute Gasteiger partial charge is 0.452 e. The smallest absolute Gasteiger partial charge is 0.340 e. The van der Waals surface area contributed by atoms with Crippen LogP contribution in [0.3, 0.4) is 0 Å². The van der Waals surface area contributed by atoms with E-state index in [1.807, 2.05) is 30.3 Å². The highest BCUT2D eigenvalue weighted by Crippen LogP contribution is 2.19. The highest BCUT2D eigenvalue weighted by atomic mass is 32.2. The lowest BCUT2D eigenvalue weighted by atomic mass is 10.2. The van der Waals surface area contributed by atoms with E-state index in [0.29, 0.717) is 5.82 Å². The number of hydrogen-bond donors (Lipinski definition) is 1. The third-order valence-electron chi connectivity index (χ3n) is 3.27. The number of nitrogens with one attached hydrogen (secondary N) is 1. The molecule has 0 aliphatic rings. The molecule has 1 heterocycles. The Morgan fingerprint density at radius 1 is 1.12 bits per heavy atom. The van der Waals surface area contributed by atoms with Crippen LogP contribution in [-0.4, -0.2) is 30.8 Å². The third kappa shape index (κ3) is 4.45. The molecule has 0 aliphatic carbocycles. The van der Waals surface area contributed by atoms with Crippen LogP contribution >= 0.6 is 0 Å². The monoisotopic (exact) mass is 373 g/mol. The first-order valence-corrected chi connectivity index (χ1v) is 9.43. The predicted molar refractivity (Wildman–Crippen MR) is 93.8 cm³/mol. The van der Waals surface area contributed by atoms with Crippen molar-refractivity contribution in [2.24, 2.45) is 0 Å². The van der Waals surface area contributed by atoms with Gasteiger partial charge in [-0.1, -0.05) is 47.6 Å². The first-order valence-electron chi connectivity index (χ1n) is 7.54. The second-order valence-electron chi connectivity index (χ2n) is 5.37. The van der Waals surface area contributed by atoms with Crippen LogP contribution in [0.1, 0.15) is 16.2 Å². The molecule has 0 atom stereocenters. The summed E-state index contributed by atoms with van der Waals surface area (Å²) in [4.78, 5) is 16.4. The van der Waals surface area contributed by atoms with Crippen LogP contribution < -0.4 is 4.72 Å². The fourth-order valence-corrected chi connectivity index (χ4v) is 2.75. The number of esters is 1. The van der Waals surface area contributed by atoms with Gasteiger partial charge in [-0.05, 0) is 12.1 Å². The van der Waals surface area contributed by atoms with Gasteiger partial charge in [0.15, 0.2) is 6.61 Å². The summed E-state index contributed by atoms with van der Waals surface area (Å²) >= 11 is 0. The van der Waals surface area contributed by atoms with Gasteiger partial charge in [0.25, 0.3) is 5.89 Å². The van der Waals surface area contributed by atoms with Crippen LogP contribution in [0.4, 0.5) is 5.69 Å². The second kappa shape index (κ2) is 7.36. The average molecular weight is 373 g/mol. The van der Waals surface area contributed by atoms with Crippen LogP contribution in [0, 0.1) is 0 Å². The summed E-state index contributed by atoms with van der Waals surface area (Å²) in [7, 11) is -3.53. The molecular formula is C17H15N3O5S. The normalized spacial score (nSPS) is 11.1. The van der Waals surface area contributed by atoms with Crippen molar-refractivity contribution in [1.82, 2.24) is 10.1 Å². The molecule has 0 bridgehead atoms. The van der Waals surface area contributed by atoms with E-state index in [0.717, 1.165) is 11.8 Å². The molecule has 0 spiro atoms. The van der Waals surface area contributed by atoms with Crippen LogP contribution in [0.25, 0.3) is 11.4 Å². The van der Waals surface area contributed by atoms with Crippen molar-refractivity contribution in [3.63, 3.8) is 0 Å². The van der Waals surface area contributed by atoms with Gasteiger partial charge in [-0.15, -0.1) is 0 Å². The number of anilines is 1. The van der Waals surface area contributed by atoms with Gasteiger partial charge in [-0.3, -0.25) is 4.72 Å². The Kier molecular flexibility index (Phi) is 4.99. The minimum absolute atomic E-state index is 0.0840. The molecule has 3 rings (SSSR count). The Labute approximate surface area is 149 Å². The van der Waals surface area contributed by atoms with Crippen LogP contribution in [0.15, 0.2) is 59.1 Å². The summed E-state index contributed by atoms with van der Waals surface area (Å²) in [5.41, 5.74) is 0.993. The molecule has 0 saturated carbocycles. The summed E-state index contributed by atoms with van der Waals surface area (Å²) < 4.78 is 35.3. The number of ether oxygens (including phenoxy) is 1. The third-order valence-corrected chi connectivity index (χ3v) is 3.86. The van der Waals surface area contributed by atoms with Crippen LogP contribution in [0.5, 0.6) is 0 Å². The van der Waals surface area contributed by atoms with E-state index in [1.54, 1.807) is 12.1 Å². The number of carbonyl (C=O) groups excluding carboxylic acids is 1. The molecule has 8 nitrogen and oxygen atoms in total. The van der Waals surface area contributed by atoms with Crippen molar-refractivity contribution in [2.45, 2.75) is 6.61 Å². The summed E-state index contributed by atoms with van der Waals surface area (Å²) in [5, 5.41) is 3.83. The van der Waals surface area contributed by atoms with Crippen molar-refractivity contribution in [3.8, 4) is 11.4 Å². The molecule has 3 aromatic rings. The zero-order valence-electron chi connectivity index (χ0n) is 13.7. The Balaban J connectivity index is 1.69. The van der Waals surface area contributed by atoms with Crippen molar-refractivity contribution >= 4 is 21.7 Å². The van der Waals surface area contributed by atoms with Gasteiger partial charge in [-0.2, -0.15) is 4.98 Å². The molecule has 1 aromatic heterocycles. The lowest BCUT2D eigenvalue weighted by Gasteiger charge is -2.09. The fourth-order valence-electron chi connectivity index (χ4n) is 2.17. The molecule has 26 heavy (non-hydrogen) atoms. The van der Waals surface area contributed by atoms with Gasteiger partial charge < -0.3 is 9.26 Å². The van der Waals surface area contributed by atoms with Crippen molar-refractivity contribution < 1.29 is 22.5 Å². The maximum absolute atomic E-state index is 12.3. The van der Waals surface area contributed by atoms with Crippen molar-refractivity contribution in [1.29, 1.82) is 0 Å². The number of para-hydroxylation sites is 1. The SMILES string of the molecule is CS(=O)(=O)Nc1ccccc1C(=O)OCc1nc(-c2ccccc2)no1. The van der Waals surface area contributed by atoms with E-state index >= 15 is 0 Å². The van der Waals surface area contributed by atoms with Gasteiger partial charge in [0.1, 0.15) is 0 Å². The minimum atomic E-state index is -3.53. The molecule has 9 heteroatoms. The molecular weight excluding hydrogens is 358 g/mol. The average Bonchev–Trinajstić information content (AvgIpc) is 3.08. The summed E-state index contributed by atoms with van der Waals surface area (Å²) in [6, 6.07) is 15.3. The number of hydrogen-bond acceptors (Lipinski definition) is 7. The van der Waals surface area contributed by atoms with E-state index in [4.69, 9.17) is 9.26 Å². The zero-order valence-corrected chi connectivity index (χ0v) is 14.6. The van der Waals surface area contributed by atoms with Gasteiger partial charge in [0.2, 0.25) is 15.8 Å². The van der Waals surface area contributed by atoms with Crippen LogP contribution in [0.2, 0.25) is 0 Å². The Hall–Kier alpha value is -3.20. The minimum Gasteiger partial charge on any atom is -0.452 e. The predicted octanol–water partition coefficient (Wildman–Crippen LogP) is 2.47. The summed E-state index contributed by atoms with van der Waals surface area (Å²) in [5.74, 6) is -0.197. The lowest BCUT2D eigenvalue weighted by Crippen LogP contribution is -2.14. The number of nitrogens with zero attached hydrogens (tertiary/aromatic N) is 2. The molecule has 0 aliphatic heterocycles. The number of carbonyl (C=O) groups is 1. The Morgan fingerprint density at radius 2 is 1.81 bits per heavy atom. The molecule has 0 radical (unpaired) electrons. The quantitative estimate of drug-likeness (QED) is 0.661. The molecule has 1 N–H and O–H groups in total. The summed E-state index contributed by atoms with van der Waals surface area (Å²) in [6.07, 6.45) is 0.999. The molecule has 0 amide bonds. The first-order chi connectivity index (χ1) is 12.4. The van der Waals surface area contributed by atoms with Crippen molar-refractivity contribution in [3.05, 3.63) is 66.1 Å². The maximum Gasteiger partial charge on any atom is 0.340 e. The van der Waals surface area contributed by atoms with Gasteiger partial charge in [-0.25, -0.2) is 13.2 Å². The van der Waals surface area contributed by atoms with Gasteiger partial charge in [0.05, 0.1) is 17.5 Å². The second-order valence-corrected chi connectivity index (χ2v) is 7.12. The molecule has 2 aromatic carbocycles. The Morgan fingerprint density at radius 3 is 2.54 bits per heavy atom. The number of aromatic nitrogens is 2. The molecule has 0 fully saturated rings. The number of rotatable bonds is 6. The van der Waals surface area contributed by atoms with Crippen molar-refractivity contribution in [2.75, 3.05) is 11.0 Å². The molecule has 134 valence electrons. The van der Waals surface area contributed by atoms with E-state index < -0.39 is 16.0 Å². The molecule has 0 unspecified atom stereocenters. The highest BCUT2D eigenvalue weighted by Gasteiger charge is 2.17. The highest BCUT2D eigenvalue weighted by molar-refractivity contribution is 7.92. The van der Waals surface area contributed by atoms with Gasteiger partial charge in [0, 0.05) is 5.56 Å². The lowest BCUT2D eigenvalue weighted by molar-refractivity contribution is 0.0431. The van der Waals surface area contributed by atoms with E-state index in [2.05, 4.69) is 14.9 Å². The zero-order chi connectivity index (χ0) is 18.6. The van der Waals surface area contributed by atoms with E-state index in [1.165, 1.54) is 12.1 Å². The van der Waals surface area contributed by atoms with Gasteiger partial charge >= 0.3 is 5.97 Å². The topological polar surface area (TPSA) is 111 Å². The van der Waals surface area contributed by atoms with Crippen LogP contribution in [-0.2, 0) is 21.4 Å². The Bertz CT molecular complexity index is 1020. The number of sulfonamides is 1. The van der Waals surface area contributed by atoms with E-state index in [9.17, 15) is 13.2 Å². The molecule has 0 saturated heterocycles. The van der Waals surface area contributed by atoms with E-state index in [-0.39, 0.29) is 23.7 Å². The summed E-state index contributed by atoms with van der Waals surface area (Å²) in [6.45, 7) is -0.230. The fraction of sp³-hybridized carbons (Fsp3) is 0.118. The first kappa shape index (κ1) is 17.6. The maximum atomic E-state index is 12.3. The number of benzene rings is 2.